The predicted octanol–water partition coefficient (Wildman–Crippen LogP) is 1.92. The molecule has 2 N–H and O–H groups in total. The Balaban J connectivity index is 0.000000845. The van der Waals surface area contributed by atoms with E-state index in [2.05, 4.69) is 24.1 Å². The molecular weight excluding hydrogens is 223 g/mol. The average molecular weight is 237 g/mol. The van der Waals surface area contributed by atoms with Crippen molar-refractivity contribution >= 4 is 30.5 Å². The van der Waals surface area contributed by atoms with Gasteiger partial charge >= 0.3 is 0 Å². The lowest BCUT2D eigenvalue weighted by atomic mass is 9.91. The van der Waals surface area contributed by atoms with Crippen molar-refractivity contribution in [2.45, 2.75) is 19.3 Å². The molecule has 0 spiro atoms. The fourth-order valence-electron chi connectivity index (χ4n) is 1.56. The van der Waals surface area contributed by atoms with Crippen LogP contribution < -0.4 is 10.9 Å². The highest BCUT2D eigenvalue weighted by Crippen LogP contribution is 2.32. The number of pyridine rings is 1. The molecule has 0 saturated heterocycles. The van der Waals surface area contributed by atoms with Crippen molar-refractivity contribution in [3.8, 4) is 0 Å². The van der Waals surface area contributed by atoms with Gasteiger partial charge in [-0.05, 0) is 6.07 Å². The minimum atomic E-state index is -0.0227. The summed E-state index contributed by atoms with van der Waals surface area (Å²) in [5, 5.41) is 3.25. The molecule has 0 bridgehead atoms. The van der Waals surface area contributed by atoms with E-state index in [-0.39, 0.29) is 35.8 Å². The lowest BCUT2D eigenvalue weighted by molar-refractivity contribution is 0.567. The molecule has 0 aromatic carbocycles. The molecular formula is C9H14Cl2N2O. The number of aromatic amines is 1. The van der Waals surface area contributed by atoms with Crippen LogP contribution in [0.4, 0.5) is 5.69 Å². The zero-order chi connectivity index (χ0) is 8.77. The van der Waals surface area contributed by atoms with Gasteiger partial charge in [-0.3, -0.25) is 4.79 Å². The molecule has 2 heterocycles. The van der Waals surface area contributed by atoms with Crippen molar-refractivity contribution in [2.24, 2.45) is 0 Å². The molecule has 0 fully saturated rings. The molecule has 14 heavy (non-hydrogen) atoms. The number of hydrogen-bond donors (Lipinski definition) is 2. The molecule has 80 valence electrons. The van der Waals surface area contributed by atoms with Gasteiger partial charge in [-0.1, -0.05) is 13.8 Å². The quantitative estimate of drug-likeness (QED) is 0.724. The normalized spacial score (nSPS) is 15.9. The summed E-state index contributed by atoms with van der Waals surface area (Å²) in [5.41, 5.74) is 2.11. The van der Waals surface area contributed by atoms with E-state index in [0.717, 1.165) is 17.9 Å². The second kappa shape index (κ2) is 4.24. The number of rotatable bonds is 0. The van der Waals surface area contributed by atoms with Crippen LogP contribution in [0.25, 0.3) is 0 Å². The van der Waals surface area contributed by atoms with Crippen molar-refractivity contribution in [1.82, 2.24) is 4.98 Å². The highest BCUT2D eigenvalue weighted by molar-refractivity contribution is 5.85. The van der Waals surface area contributed by atoms with Crippen LogP contribution in [-0.2, 0) is 5.41 Å². The predicted molar refractivity (Wildman–Crippen MR) is 63.1 cm³/mol. The van der Waals surface area contributed by atoms with Crippen molar-refractivity contribution in [3.05, 3.63) is 28.2 Å². The van der Waals surface area contributed by atoms with Crippen molar-refractivity contribution in [3.63, 3.8) is 0 Å². The Labute approximate surface area is 95.1 Å². The SMILES string of the molecule is CC1(C)CNc2ccc(=O)[nH]c21.Cl.Cl. The number of hydrogen-bond acceptors (Lipinski definition) is 2. The topological polar surface area (TPSA) is 44.9 Å². The van der Waals surface area contributed by atoms with E-state index in [1.165, 1.54) is 0 Å². The summed E-state index contributed by atoms with van der Waals surface area (Å²) in [6.45, 7) is 5.12. The maximum Gasteiger partial charge on any atom is 0.248 e. The van der Waals surface area contributed by atoms with Crippen LogP contribution in [0.3, 0.4) is 0 Å². The van der Waals surface area contributed by atoms with E-state index >= 15 is 0 Å². The Morgan fingerprint density at radius 2 is 1.93 bits per heavy atom. The number of fused-ring (bicyclic) bond motifs is 1. The van der Waals surface area contributed by atoms with Crippen LogP contribution in [-0.4, -0.2) is 11.5 Å². The van der Waals surface area contributed by atoms with Crippen LogP contribution in [0.2, 0.25) is 0 Å². The first-order chi connectivity index (χ1) is 5.59. The van der Waals surface area contributed by atoms with Crippen LogP contribution in [0.5, 0.6) is 0 Å². The Morgan fingerprint density at radius 1 is 1.29 bits per heavy atom. The van der Waals surface area contributed by atoms with E-state index in [4.69, 9.17) is 0 Å². The van der Waals surface area contributed by atoms with E-state index in [1.807, 2.05) is 6.07 Å². The van der Waals surface area contributed by atoms with E-state index in [9.17, 15) is 4.79 Å². The summed E-state index contributed by atoms with van der Waals surface area (Å²) < 4.78 is 0. The molecule has 0 saturated carbocycles. The highest BCUT2D eigenvalue weighted by atomic mass is 35.5. The third-order valence-electron chi connectivity index (χ3n) is 2.32. The first-order valence-electron chi connectivity index (χ1n) is 4.07. The molecule has 1 aromatic heterocycles. The number of halogens is 2. The fraction of sp³-hybridized carbons (Fsp3) is 0.444. The third kappa shape index (κ3) is 2.04. The van der Waals surface area contributed by atoms with Gasteiger partial charge < -0.3 is 10.3 Å². The van der Waals surface area contributed by atoms with Gasteiger partial charge in [-0.25, -0.2) is 0 Å². The van der Waals surface area contributed by atoms with E-state index in [0.29, 0.717) is 0 Å². The summed E-state index contributed by atoms with van der Waals surface area (Å²) in [6.07, 6.45) is 0. The number of H-pyrrole nitrogens is 1. The van der Waals surface area contributed by atoms with Gasteiger partial charge in [-0.2, -0.15) is 0 Å². The van der Waals surface area contributed by atoms with Gasteiger partial charge in [0.25, 0.3) is 0 Å². The van der Waals surface area contributed by atoms with Crippen LogP contribution >= 0.6 is 24.8 Å². The Bertz CT molecular complexity index is 373. The first kappa shape index (κ1) is 13.3. The molecule has 0 unspecified atom stereocenters. The standard InChI is InChI=1S/C9H12N2O.2ClH/c1-9(2)5-10-6-3-4-7(12)11-8(6)9;;/h3-4,10H,5H2,1-2H3,(H,11,12);2*1H. The average Bonchev–Trinajstić information content (AvgIpc) is 2.28. The lowest BCUT2D eigenvalue weighted by Crippen LogP contribution is -2.22. The second-order valence-corrected chi connectivity index (χ2v) is 3.85. The van der Waals surface area contributed by atoms with Gasteiger partial charge in [0, 0.05) is 23.7 Å². The zero-order valence-electron chi connectivity index (χ0n) is 8.09. The summed E-state index contributed by atoms with van der Waals surface area (Å²) in [5.74, 6) is 0. The molecule has 3 nitrogen and oxygen atoms in total. The maximum absolute atomic E-state index is 11.0. The molecule has 1 aliphatic rings. The molecule has 1 aliphatic heterocycles. The monoisotopic (exact) mass is 236 g/mol. The number of anilines is 1. The van der Waals surface area contributed by atoms with Gasteiger partial charge in [0.2, 0.25) is 5.56 Å². The van der Waals surface area contributed by atoms with Gasteiger partial charge in [0.1, 0.15) is 0 Å². The Kier molecular flexibility index (Phi) is 4.03. The molecule has 0 aliphatic carbocycles. The van der Waals surface area contributed by atoms with Gasteiger partial charge in [0.15, 0.2) is 0 Å². The summed E-state index contributed by atoms with van der Waals surface area (Å²) in [7, 11) is 0. The molecule has 0 amide bonds. The van der Waals surface area contributed by atoms with Crippen molar-refractivity contribution in [1.29, 1.82) is 0 Å². The van der Waals surface area contributed by atoms with Gasteiger partial charge in [0.05, 0.1) is 5.69 Å². The minimum Gasteiger partial charge on any atom is -0.383 e. The smallest absolute Gasteiger partial charge is 0.248 e. The number of nitrogens with one attached hydrogen (secondary N) is 2. The molecule has 2 rings (SSSR count). The maximum atomic E-state index is 11.0. The number of aromatic nitrogens is 1. The van der Waals surface area contributed by atoms with E-state index < -0.39 is 0 Å². The zero-order valence-corrected chi connectivity index (χ0v) is 9.72. The largest absolute Gasteiger partial charge is 0.383 e. The van der Waals surface area contributed by atoms with Crippen LogP contribution in [0.1, 0.15) is 19.5 Å². The second-order valence-electron chi connectivity index (χ2n) is 3.85. The minimum absolute atomic E-state index is 0. The highest BCUT2D eigenvalue weighted by Gasteiger charge is 2.30. The van der Waals surface area contributed by atoms with Crippen LogP contribution in [0.15, 0.2) is 16.9 Å². The summed E-state index contributed by atoms with van der Waals surface area (Å²) >= 11 is 0. The molecule has 5 heteroatoms. The molecule has 1 aromatic rings. The van der Waals surface area contributed by atoms with E-state index in [1.54, 1.807) is 6.07 Å². The first-order valence-corrected chi connectivity index (χ1v) is 4.07. The van der Waals surface area contributed by atoms with Crippen molar-refractivity contribution < 1.29 is 0 Å². The summed E-state index contributed by atoms with van der Waals surface area (Å²) in [4.78, 5) is 13.9. The Hall–Kier alpha value is -0.670. The molecule has 0 radical (unpaired) electrons. The van der Waals surface area contributed by atoms with Crippen LogP contribution in [0, 0.1) is 0 Å². The molecule has 0 atom stereocenters. The Morgan fingerprint density at radius 3 is 2.57 bits per heavy atom. The van der Waals surface area contributed by atoms with Crippen molar-refractivity contribution in [2.75, 3.05) is 11.9 Å². The lowest BCUT2D eigenvalue weighted by Gasteiger charge is -2.15. The fourth-order valence-corrected chi connectivity index (χ4v) is 1.56. The van der Waals surface area contributed by atoms with Gasteiger partial charge in [-0.15, -0.1) is 24.8 Å². The summed E-state index contributed by atoms with van der Waals surface area (Å²) in [6, 6.07) is 3.39. The third-order valence-corrected chi connectivity index (χ3v) is 2.32.